The predicted octanol–water partition coefficient (Wildman–Crippen LogP) is 1.83. The average Bonchev–Trinajstić information content (AvgIpc) is 2.21. The second-order valence-electron chi connectivity index (χ2n) is 3.03. The van der Waals surface area contributed by atoms with Gasteiger partial charge >= 0.3 is 0 Å². The van der Waals surface area contributed by atoms with Gasteiger partial charge < -0.3 is 10.6 Å². The fourth-order valence-electron chi connectivity index (χ4n) is 1.31. The summed E-state index contributed by atoms with van der Waals surface area (Å²) in [5, 5.41) is 2.45. The van der Waals surface area contributed by atoms with Crippen molar-refractivity contribution in [1.29, 1.82) is 0 Å². The van der Waals surface area contributed by atoms with Crippen LogP contribution < -0.4 is 5.73 Å². The van der Waals surface area contributed by atoms with Gasteiger partial charge in [0.15, 0.2) is 0 Å². The highest BCUT2D eigenvalue weighted by Crippen LogP contribution is 2.20. The van der Waals surface area contributed by atoms with Crippen LogP contribution in [-0.4, -0.2) is 25.8 Å². The SMILES string of the molecule is CON(C)C(CN)c1ccc(Cl)cc1. The lowest BCUT2D eigenvalue weighted by Gasteiger charge is -2.24. The summed E-state index contributed by atoms with van der Waals surface area (Å²) >= 11 is 5.80. The third kappa shape index (κ3) is 2.69. The molecule has 78 valence electrons. The van der Waals surface area contributed by atoms with Gasteiger partial charge in [0, 0.05) is 18.6 Å². The molecule has 0 saturated heterocycles. The van der Waals surface area contributed by atoms with Crippen LogP contribution in [0.3, 0.4) is 0 Å². The van der Waals surface area contributed by atoms with Crippen molar-refractivity contribution in [3.8, 4) is 0 Å². The molecule has 1 aromatic carbocycles. The summed E-state index contributed by atoms with van der Waals surface area (Å²) in [6, 6.07) is 7.67. The maximum Gasteiger partial charge on any atom is 0.0721 e. The van der Waals surface area contributed by atoms with Crippen LogP contribution in [-0.2, 0) is 4.84 Å². The molecule has 0 saturated carbocycles. The Morgan fingerprint density at radius 2 is 2.00 bits per heavy atom. The van der Waals surface area contributed by atoms with E-state index in [-0.39, 0.29) is 6.04 Å². The number of hydroxylamine groups is 2. The molecule has 0 aliphatic rings. The van der Waals surface area contributed by atoms with Gasteiger partial charge in [-0.15, -0.1) is 0 Å². The first-order valence-electron chi connectivity index (χ1n) is 4.41. The molecule has 14 heavy (non-hydrogen) atoms. The van der Waals surface area contributed by atoms with Crippen LogP contribution >= 0.6 is 11.6 Å². The maximum atomic E-state index is 5.80. The molecule has 3 nitrogen and oxygen atoms in total. The number of likely N-dealkylation sites (N-methyl/N-ethyl adjacent to an activating group) is 1. The van der Waals surface area contributed by atoms with Crippen molar-refractivity contribution in [3.05, 3.63) is 34.9 Å². The van der Waals surface area contributed by atoms with Crippen molar-refractivity contribution in [2.75, 3.05) is 20.7 Å². The summed E-state index contributed by atoms with van der Waals surface area (Å²) in [6.07, 6.45) is 0. The van der Waals surface area contributed by atoms with E-state index in [0.29, 0.717) is 6.54 Å². The Bertz CT molecular complexity index is 276. The van der Waals surface area contributed by atoms with E-state index in [1.165, 1.54) is 0 Å². The predicted molar refractivity (Wildman–Crippen MR) is 58.0 cm³/mol. The first-order chi connectivity index (χ1) is 6.69. The van der Waals surface area contributed by atoms with Crippen molar-refractivity contribution < 1.29 is 4.84 Å². The molecule has 1 rings (SSSR count). The van der Waals surface area contributed by atoms with E-state index in [0.717, 1.165) is 10.6 Å². The Morgan fingerprint density at radius 1 is 1.43 bits per heavy atom. The van der Waals surface area contributed by atoms with Gasteiger partial charge in [0.1, 0.15) is 0 Å². The van der Waals surface area contributed by atoms with Crippen LogP contribution in [0.2, 0.25) is 5.02 Å². The van der Waals surface area contributed by atoms with Crippen molar-refractivity contribution in [2.45, 2.75) is 6.04 Å². The largest absolute Gasteiger partial charge is 0.329 e. The van der Waals surface area contributed by atoms with E-state index >= 15 is 0 Å². The van der Waals surface area contributed by atoms with Gasteiger partial charge in [0.25, 0.3) is 0 Å². The smallest absolute Gasteiger partial charge is 0.0721 e. The molecule has 1 atom stereocenters. The number of benzene rings is 1. The third-order valence-corrected chi connectivity index (χ3v) is 2.46. The fraction of sp³-hybridized carbons (Fsp3) is 0.400. The van der Waals surface area contributed by atoms with Gasteiger partial charge in [-0.3, -0.25) is 0 Å². The van der Waals surface area contributed by atoms with Gasteiger partial charge in [-0.1, -0.05) is 23.7 Å². The van der Waals surface area contributed by atoms with E-state index in [2.05, 4.69) is 0 Å². The number of halogens is 1. The lowest BCUT2D eigenvalue weighted by Crippen LogP contribution is -2.29. The van der Waals surface area contributed by atoms with Crippen LogP contribution in [0, 0.1) is 0 Å². The Balaban J connectivity index is 2.84. The minimum absolute atomic E-state index is 0.0669. The van der Waals surface area contributed by atoms with E-state index in [9.17, 15) is 0 Å². The second kappa shape index (κ2) is 5.32. The fourth-order valence-corrected chi connectivity index (χ4v) is 1.43. The second-order valence-corrected chi connectivity index (χ2v) is 3.47. The molecule has 2 N–H and O–H groups in total. The van der Waals surface area contributed by atoms with Crippen LogP contribution in [0.25, 0.3) is 0 Å². The number of hydrogen-bond donors (Lipinski definition) is 1. The molecule has 0 aromatic heterocycles. The molecule has 1 aromatic rings. The topological polar surface area (TPSA) is 38.5 Å². The van der Waals surface area contributed by atoms with Crippen LogP contribution in [0.15, 0.2) is 24.3 Å². The lowest BCUT2D eigenvalue weighted by molar-refractivity contribution is -0.140. The number of hydrogen-bond acceptors (Lipinski definition) is 3. The third-order valence-electron chi connectivity index (χ3n) is 2.20. The molecule has 0 aliphatic heterocycles. The van der Waals surface area contributed by atoms with E-state index < -0.39 is 0 Å². The minimum atomic E-state index is 0.0669. The molecule has 0 heterocycles. The van der Waals surface area contributed by atoms with Gasteiger partial charge in [0.2, 0.25) is 0 Å². The van der Waals surface area contributed by atoms with Gasteiger partial charge in [-0.05, 0) is 17.7 Å². The summed E-state index contributed by atoms with van der Waals surface area (Å²) < 4.78 is 0. The van der Waals surface area contributed by atoms with E-state index in [4.69, 9.17) is 22.2 Å². The van der Waals surface area contributed by atoms with Gasteiger partial charge in [-0.25, -0.2) is 0 Å². The summed E-state index contributed by atoms with van der Waals surface area (Å²) in [4.78, 5) is 5.11. The van der Waals surface area contributed by atoms with Crippen molar-refractivity contribution in [1.82, 2.24) is 5.06 Å². The van der Waals surface area contributed by atoms with Crippen molar-refractivity contribution >= 4 is 11.6 Å². The molecule has 0 fully saturated rings. The molecule has 1 unspecified atom stereocenters. The quantitative estimate of drug-likeness (QED) is 0.778. The lowest BCUT2D eigenvalue weighted by atomic mass is 10.1. The highest BCUT2D eigenvalue weighted by molar-refractivity contribution is 6.30. The zero-order chi connectivity index (χ0) is 10.6. The standard InChI is InChI=1S/C10H15ClN2O/c1-13(14-2)10(7-12)8-3-5-9(11)6-4-8/h3-6,10H,7,12H2,1-2H3. The molecule has 0 spiro atoms. The molecule has 0 radical (unpaired) electrons. The van der Waals surface area contributed by atoms with Crippen LogP contribution in [0.4, 0.5) is 0 Å². The first kappa shape index (κ1) is 11.5. The zero-order valence-corrected chi connectivity index (χ0v) is 9.16. The summed E-state index contributed by atoms with van der Waals surface area (Å²) in [5.74, 6) is 0. The van der Waals surface area contributed by atoms with Crippen molar-refractivity contribution in [3.63, 3.8) is 0 Å². The van der Waals surface area contributed by atoms with Crippen molar-refractivity contribution in [2.24, 2.45) is 5.73 Å². The Morgan fingerprint density at radius 3 is 2.43 bits per heavy atom. The van der Waals surface area contributed by atoms with Crippen LogP contribution in [0.1, 0.15) is 11.6 Å². The molecule has 0 aliphatic carbocycles. The summed E-state index contributed by atoms with van der Waals surface area (Å²) in [5.41, 5.74) is 6.76. The summed E-state index contributed by atoms with van der Waals surface area (Å²) in [6.45, 7) is 0.506. The normalized spacial score (nSPS) is 13.2. The Kier molecular flexibility index (Phi) is 4.35. The first-order valence-corrected chi connectivity index (χ1v) is 4.79. The Labute approximate surface area is 89.4 Å². The number of nitrogens with two attached hydrogens (primary N) is 1. The molecular weight excluding hydrogens is 200 g/mol. The maximum absolute atomic E-state index is 5.80. The molecular formula is C10H15ClN2O. The zero-order valence-electron chi connectivity index (χ0n) is 8.40. The molecule has 0 bridgehead atoms. The van der Waals surface area contributed by atoms with Gasteiger partial charge in [0.05, 0.1) is 13.2 Å². The molecule has 0 amide bonds. The van der Waals surface area contributed by atoms with Gasteiger partial charge in [-0.2, -0.15) is 5.06 Å². The highest BCUT2D eigenvalue weighted by Gasteiger charge is 2.14. The monoisotopic (exact) mass is 214 g/mol. The average molecular weight is 215 g/mol. The highest BCUT2D eigenvalue weighted by atomic mass is 35.5. The number of rotatable bonds is 4. The van der Waals surface area contributed by atoms with Crippen LogP contribution in [0.5, 0.6) is 0 Å². The van der Waals surface area contributed by atoms with E-state index in [1.807, 2.05) is 31.3 Å². The minimum Gasteiger partial charge on any atom is -0.329 e. The Hall–Kier alpha value is -0.610. The van der Waals surface area contributed by atoms with E-state index in [1.54, 1.807) is 12.2 Å². The molecule has 4 heteroatoms. The summed E-state index contributed by atoms with van der Waals surface area (Å²) in [7, 11) is 3.48. The number of nitrogens with zero attached hydrogens (tertiary/aromatic N) is 1.